The number of aliphatic hydroxyl groups is 1. The van der Waals surface area contributed by atoms with Crippen LogP contribution in [0.3, 0.4) is 0 Å². The highest BCUT2D eigenvalue weighted by atomic mass is 16.4. The van der Waals surface area contributed by atoms with Crippen molar-refractivity contribution in [3.63, 3.8) is 0 Å². The molecule has 8 amide bonds. The maximum atomic E-state index is 14.5. The average molecular weight is 1200 g/mol. The molecule has 2 aromatic heterocycles. The number of H-pyrrole nitrogens is 2. The van der Waals surface area contributed by atoms with Gasteiger partial charge in [-0.25, -0.2) is 9.78 Å². The van der Waals surface area contributed by atoms with Crippen LogP contribution in [0.25, 0.3) is 10.9 Å². The third-order valence-corrected chi connectivity index (χ3v) is 13.6. The fraction of sp³-hybridized carbons (Fsp3) is 0.509. The van der Waals surface area contributed by atoms with E-state index in [1.165, 1.54) is 12.5 Å². The topological polar surface area (TPSA) is 489 Å². The zero-order valence-electron chi connectivity index (χ0n) is 48.8. The Bertz CT molecular complexity index is 2920. The largest absolute Gasteiger partial charge is 0.481 e. The van der Waals surface area contributed by atoms with Gasteiger partial charge in [0.15, 0.2) is 5.96 Å². The van der Waals surface area contributed by atoms with E-state index in [-0.39, 0.29) is 82.3 Å². The van der Waals surface area contributed by atoms with Gasteiger partial charge in [-0.2, -0.15) is 0 Å². The standard InChI is InChI=1S/C57H84N16O13/c1-31(2)21-41(50(79)72-45(26-47(75)76)54(83)67-40(56(85)86)17-10-11-19-58)70-52(81)43(23-33-13-6-5-7-14-33)71-55(84)46(29-74)73-51(80)42(22-32(3)4)69-49(78)39(18-12-20-63-57(60)61)66-53(82)44(24-34-27-64-38-16-9-8-15-36(34)38)68-48(77)37(59)25-35-28-62-30-65-35/h5-9,13-16,27-28,30-32,37,39-46,64,74H,10-12,17-26,29,58-59H2,1-4H3,(H,62,65)(H,66,82)(H,67,83)(H,68,77)(H,69,78)(H,70,81)(H,71,84)(H,72,79)(H,73,80)(H,75,76)(H,85,86)(H4,60,61,63)/t37-,39-,40-,41-,42-,43-,44-,45-,46-/m0/s1. The van der Waals surface area contributed by atoms with Gasteiger partial charge in [-0.05, 0) is 80.5 Å². The van der Waals surface area contributed by atoms with Gasteiger partial charge in [-0.3, -0.25) is 48.1 Å². The summed E-state index contributed by atoms with van der Waals surface area (Å²) in [6, 6.07) is 2.57. The van der Waals surface area contributed by atoms with E-state index in [0.29, 0.717) is 29.7 Å². The molecule has 2 aromatic carbocycles. The third kappa shape index (κ3) is 23.6. The number of amides is 8. The van der Waals surface area contributed by atoms with Crippen molar-refractivity contribution in [2.24, 2.45) is 39.8 Å². The fourth-order valence-corrected chi connectivity index (χ4v) is 9.21. The number of nitrogens with two attached hydrogens (primary N) is 4. The predicted molar refractivity (Wildman–Crippen MR) is 317 cm³/mol. The minimum atomic E-state index is -1.78. The Balaban J connectivity index is 1.58. The normalized spacial score (nSPS) is 14.4. The molecule has 470 valence electrons. The van der Waals surface area contributed by atoms with Crippen molar-refractivity contribution in [3.05, 3.63) is 90.1 Å². The number of guanidine groups is 1. The van der Waals surface area contributed by atoms with Gasteiger partial charge in [0.05, 0.1) is 25.4 Å². The summed E-state index contributed by atoms with van der Waals surface area (Å²) in [4.78, 5) is 151. The molecule has 29 nitrogen and oxygen atoms in total. The molecule has 21 N–H and O–H groups in total. The van der Waals surface area contributed by atoms with Crippen LogP contribution in [0.2, 0.25) is 0 Å². The number of benzene rings is 2. The molecule has 0 radical (unpaired) electrons. The van der Waals surface area contributed by atoms with Crippen molar-refractivity contribution in [1.82, 2.24) is 57.5 Å². The van der Waals surface area contributed by atoms with E-state index in [2.05, 4.69) is 62.5 Å². The molecule has 0 spiro atoms. The second-order valence-electron chi connectivity index (χ2n) is 21.7. The van der Waals surface area contributed by atoms with Crippen LogP contribution < -0.4 is 65.5 Å². The van der Waals surface area contributed by atoms with Crippen LogP contribution in [0.15, 0.2) is 78.3 Å². The molecule has 86 heavy (non-hydrogen) atoms. The third-order valence-electron chi connectivity index (χ3n) is 13.6. The average Bonchev–Trinajstić information content (AvgIpc) is 3.19. The minimum absolute atomic E-state index is 0.0261. The van der Waals surface area contributed by atoms with Crippen molar-refractivity contribution in [3.8, 4) is 0 Å². The quantitative estimate of drug-likeness (QED) is 0.0130. The van der Waals surface area contributed by atoms with Crippen LogP contribution in [0.4, 0.5) is 0 Å². The first-order valence-electron chi connectivity index (χ1n) is 28.4. The molecule has 29 heteroatoms. The fourth-order valence-electron chi connectivity index (χ4n) is 9.21. The number of fused-ring (bicyclic) bond motifs is 1. The highest BCUT2D eigenvalue weighted by Crippen LogP contribution is 2.20. The molecule has 0 bridgehead atoms. The lowest BCUT2D eigenvalue weighted by atomic mass is 10.00. The highest BCUT2D eigenvalue weighted by molar-refractivity contribution is 5.99. The molecule has 4 rings (SSSR count). The number of aromatic amines is 2. The van der Waals surface area contributed by atoms with Gasteiger partial charge in [0.25, 0.3) is 0 Å². The maximum absolute atomic E-state index is 14.5. The molecule has 0 aliphatic carbocycles. The number of para-hydroxylation sites is 1. The lowest BCUT2D eigenvalue weighted by Gasteiger charge is -2.28. The van der Waals surface area contributed by atoms with E-state index in [4.69, 9.17) is 22.9 Å². The smallest absolute Gasteiger partial charge is 0.326 e. The number of hydrogen-bond donors (Lipinski definition) is 17. The van der Waals surface area contributed by atoms with Crippen molar-refractivity contribution < 1.29 is 63.3 Å². The molecule has 0 aliphatic rings. The number of aromatic nitrogens is 3. The van der Waals surface area contributed by atoms with Gasteiger partial charge in [-0.1, -0.05) is 76.2 Å². The zero-order valence-corrected chi connectivity index (χ0v) is 48.8. The number of aliphatic imine (C=N–C) groups is 1. The van der Waals surface area contributed by atoms with Gasteiger partial charge >= 0.3 is 11.9 Å². The lowest BCUT2D eigenvalue weighted by Crippen LogP contribution is -2.61. The number of aliphatic hydroxyl groups excluding tert-OH is 1. The van der Waals surface area contributed by atoms with E-state index in [1.807, 2.05) is 24.3 Å². The SMILES string of the molecule is CC(C)C[C@H](NC(=O)[C@H](Cc1ccccc1)NC(=O)[C@H](CO)NC(=O)[C@H](CC(C)C)NC(=O)[C@H](CCCN=C(N)N)NC(=O)[C@H](Cc1c[nH]c2ccccc12)NC(=O)[C@@H](N)Cc1cnc[nH]1)C(=O)N[C@@H](CC(=O)O)C(=O)N[C@@H](CCCCN)C(=O)O. The monoisotopic (exact) mass is 1200 g/mol. The number of unbranched alkanes of at least 4 members (excludes halogenated alkanes) is 1. The summed E-state index contributed by atoms with van der Waals surface area (Å²) in [6.07, 6.45) is 4.23. The van der Waals surface area contributed by atoms with Crippen molar-refractivity contribution in [2.45, 2.75) is 153 Å². The van der Waals surface area contributed by atoms with E-state index in [9.17, 15) is 63.3 Å². The van der Waals surface area contributed by atoms with Gasteiger partial charge in [-0.15, -0.1) is 0 Å². The molecule has 4 aromatic rings. The number of carboxylic acid groups (broad SMARTS) is 2. The van der Waals surface area contributed by atoms with Gasteiger partial charge in [0.1, 0.15) is 48.3 Å². The van der Waals surface area contributed by atoms with Gasteiger partial charge < -0.3 is 90.8 Å². The van der Waals surface area contributed by atoms with Crippen LogP contribution in [-0.4, -0.2) is 170 Å². The first kappa shape index (κ1) is 69.5. The summed E-state index contributed by atoms with van der Waals surface area (Å²) in [6.45, 7) is 6.25. The molecule has 0 saturated carbocycles. The zero-order chi connectivity index (χ0) is 63.5. The number of nitrogens with one attached hydrogen (secondary N) is 10. The molecule has 0 aliphatic heterocycles. The van der Waals surface area contributed by atoms with Crippen LogP contribution >= 0.6 is 0 Å². The van der Waals surface area contributed by atoms with E-state index >= 15 is 0 Å². The number of carboxylic acids is 2. The first-order chi connectivity index (χ1) is 40.9. The number of hydrogen-bond acceptors (Lipinski definition) is 15. The summed E-state index contributed by atoms with van der Waals surface area (Å²) in [5.41, 5.74) is 25.5. The Morgan fingerprint density at radius 2 is 1.07 bits per heavy atom. The molecule has 0 fully saturated rings. The van der Waals surface area contributed by atoms with E-state index in [0.717, 1.165) is 10.9 Å². The van der Waals surface area contributed by atoms with E-state index in [1.54, 1.807) is 64.2 Å². The second kappa shape index (κ2) is 35.4. The minimum Gasteiger partial charge on any atom is -0.481 e. The van der Waals surface area contributed by atoms with E-state index < -0.39 is 127 Å². The lowest BCUT2D eigenvalue weighted by molar-refractivity contribution is -0.144. The van der Waals surface area contributed by atoms with Crippen LogP contribution in [0.5, 0.6) is 0 Å². The first-order valence-corrected chi connectivity index (χ1v) is 28.4. The Morgan fingerprint density at radius 3 is 1.64 bits per heavy atom. The molecule has 0 unspecified atom stereocenters. The van der Waals surface area contributed by atoms with Crippen molar-refractivity contribution in [2.75, 3.05) is 19.7 Å². The Labute approximate surface area is 497 Å². The number of aliphatic carboxylic acids is 2. The van der Waals surface area contributed by atoms with Crippen molar-refractivity contribution in [1.29, 1.82) is 0 Å². The summed E-state index contributed by atoms with van der Waals surface area (Å²) < 4.78 is 0. The Kier molecular flexibility index (Phi) is 28.6. The molecule has 2 heterocycles. The van der Waals surface area contributed by atoms with Crippen molar-refractivity contribution >= 4 is 76.1 Å². The molecular weight excluding hydrogens is 1120 g/mol. The number of carbonyl (C=O) groups excluding carboxylic acids is 8. The molecule has 9 atom stereocenters. The van der Waals surface area contributed by atoms with Crippen LogP contribution in [-0.2, 0) is 67.2 Å². The number of carbonyl (C=O) groups is 10. The number of rotatable bonds is 38. The Morgan fingerprint density at radius 1 is 0.570 bits per heavy atom. The van der Waals surface area contributed by atoms with Crippen LogP contribution in [0, 0.1) is 11.8 Å². The molecule has 0 saturated heterocycles. The summed E-state index contributed by atoms with van der Waals surface area (Å²) in [5, 5.41) is 51.2. The summed E-state index contributed by atoms with van der Waals surface area (Å²) >= 11 is 0. The van der Waals surface area contributed by atoms with Gasteiger partial charge in [0.2, 0.25) is 47.3 Å². The Hall–Kier alpha value is -8.96. The van der Waals surface area contributed by atoms with Crippen LogP contribution in [0.1, 0.15) is 95.9 Å². The van der Waals surface area contributed by atoms with Gasteiger partial charge in [0, 0.05) is 54.8 Å². The summed E-state index contributed by atoms with van der Waals surface area (Å²) in [7, 11) is 0. The predicted octanol–water partition coefficient (Wildman–Crippen LogP) is -2.05. The number of nitrogens with zero attached hydrogens (tertiary/aromatic N) is 2. The molecular formula is C57H84N16O13. The summed E-state index contributed by atoms with van der Waals surface area (Å²) in [5.74, 6) is -11.0. The maximum Gasteiger partial charge on any atom is 0.326 e. The highest BCUT2D eigenvalue weighted by Gasteiger charge is 2.36. The second-order valence-corrected chi connectivity index (χ2v) is 21.7. The number of imidazole rings is 1.